The molecule has 8 heterocycles. The van der Waals surface area contributed by atoms with Gasteiger partial charge in [0.25, 0.3) is 11.6 Å². The summed E-state index contributed by atoms with van der Waals surface area (Å²) in [6.45, 7) is -2.12. The lowest BCUT2D eigenvalue weighted by molar-refractivity contribution is -0.434. The molecule has 6 bridgehead atoms. The summed E-state index contributed by atoms with van der Waals surface area (Å²) in [5.74, 6) is -38.7. The third kappa shape index (κ3) is 6.03. The average molecular weight is 1090 g/mol. The van der Waals surface area contributed by atoms with Gasteiger partial charge in [-0.3, -0.25) is 9.59 Å². The van der Waals surface area contributed by atoms with Gasteiger partial charge in [-0.15, -0.1) is 0 Å². The normalized spacial score (nSPS) is 34.0. The molecule has 0 radical (unpaired) electrons. The first kappa shape index (κ1) is 49.6. The number of benzene rings is 4. The van der Waals surface area contributed by atoms with Crippen molar-refractivity contribution in [3.05, 3.63) is 58.1 Å². The van der Waals surface area contributed by atoms with Crippen LogP contribution in [0.4, 0.5) is 0 Å². The first-order chi connectivity index (χ1) is 36.7. The standard InChI is InChI=1S/C47H34O31/c48-13-1-9(2-14(49)24(13)55)37(61)76-41-34-33-31(19(71-41)8-70-38(62)10-3-15(50)25(56)28(59)21(10)22-11(39(63)72-33)4-16(51)26(57)29(22)60)75-42(65)44-6-20(54)46(67,78-45(44)36-30(74-43(45)66)18(53)7-69-36)47(68)35(44)23-12(40(64)73-34)5-17(52)27(58)32(23)77-47/h1-5,18-19,30-31,33-36,41,48-53,55-60,67-68H,6-8H2. The Balaban J connectivity index is 1.12. The maximum absolute atomic E-state index is 16.1. The molecule has 6 fully saturated rings. The molecule has 5 saturated heterocycles. The molecule has 31 nitrogen and oxygen atoms in total. The van der Waals surface area contributed by atoms with E-state index in [1.54, 1.807) is 0 Å². The lowest BCUT2D eigenvalue weighted by Crippen LogP contribution is -2.86. The fourth-order valence-electron chi connectivity index (χ4n) is 11.6. The van der Waals surface area contributed by atoms with E-state index in [1.165, 1.54) is 0 Å². The summed E-state index contributed by atoms with van der Waals surface area (Å²) in [7, 11) is 0. The molecule has 1 aliphatic carbocycles. The molecule has 408 valence electrons. The largest absolute Gasteiger partial charge is 0.504 e. The maximum atomic E-state index is 16.1. The van der Waals surface area contributed by atoms with E-state index < -0.39 is 247 Å². The second-order valence-corrected chi connectivity index (χ2v) is 19.1. The third-order valence-corrected chi connectivity index (χ3v) is 15.1. The number of esters is 6. The summed E-state index contributed by atoms with van der Waals surface area (Å²) in [4.78, 5) is 104. The Bertz CT molecular complexity index is 3480. The number of rotatable bonds is 2. The monoisotopic (exact) mass is 1090 g/mol. The van der Waals surface area contributed by atoms with Crippen LogP contribution in [0.2, 0.25) is 0 Å². The topological polar surface area (TPSA) is 495 Å². The molecule has 1 saturated carbocycles. The van der Waals surface area contributed by atoms with Gasteiger partial charge in [0.2, 0.25) is 35.2 Å². The van der Waals surface area contributed by atoms with E-state index in [0.717, 1.165) is 0 Å². The molecule has 13 unspecified atom stereocenters. The van der Waals surface area contributed by atoms with Crippen LogP contribution in [0.5, 0.6) is 69.0 Å². The molecule has 31 heteroatoms. The van der Waals surface area contributed by atoms with Gasteiger partial charge in [-0.1, -0.05) is 0 Å². The molecule has 78 heavy (non-hydrogen) atoms. The number of carbonyl (C=O) groups excluding carboxylic acids is 7. The molecular formula is C47H34O31. The van der Waals surface area contributed by atoms with Crippen molar-refractivity contribution >= 4 is 41.6 Å². The van der Waals surface area contributed by atoms with Crippen LogP contribution in [0.25, 0.3) is 11.1 Å². The van der Waals surface area contributed by atoms with Crippen molar-refractivity contribution in [1.82, 2.24) is 0 Å². The quantitative estimate of drug-likeness (QED) is 0.0576. The highest BCUT2D eigenvalue weighted by molar-refractivity contribution is 6.09. The van der Waals surface area contributed by atoms with E-state index >= 15 is 14.4 Å². The number of fused-ring (bicyclic) bond motifs is 5. The molecule has 14 N–H and O–H groups in total. The SMILES string of the molecule is O=C(OC1OC2COC(=O)c3cc(O)c(O)c(O)c3-c3c(cc(O)c(O)c3O)C(=O)OC3C2OC(=O)C24CC(=O)C(O)(OC25C(=O)OC2C(O)COC25)C2(O)Oc5c(O)c(O)cc(c5C24)C(=O)OC13)c1cc(O)c(O)c(O)c1. The highest BCUT2D eigenvalue weighted by Gasteiger charge is 2.93. The highest BCUT2D eigenvalue weighted by atomic mass is 16.8. The molecular weight excluding hydrogens is 1060 g/mol. The Hall–Kier alpha value is -9.27. The lowest BCUT2D eigenvalue weighted by atomic mass is 9.48. The number of ether oxygens (including phenoxy) is 10. The number of Topliss-reactive ketones (excluding diaryl/α,β-unsaturated/α-hetero) is 1. The van der Waals surface area contributed by atoms with E-state index in [9.17, 15) is 90.7 Å². The minimum atomic E-state index is -3.86. The summed E-state index contributed by atoms with van der Waals surface area (Å²) in [5, 5.41) is 154. The summed E-state index contributed by atoms with van der Waals surface area (Å²) < 4.78 is 57.8. The Morgan fingerprint density at radius 2 is 1.14 bits per heavy atom. The van der Waals surface area contributed by atoms with E-state index in [-0.39, 0.29) is 0 Å². The fraction of sp³-hybridized carbons (Fsp3) is 0.340. The van der Waals surface area contributed by atoms with Crippen LogP contribution in [0.1, 0.15) is 59.3 Å². The van der Waals surface area contributed by atoms with Crippen LogP contribution < -0.4 is 4.74 Å². The van der Waals surface area contributed by atoms with Gasteiger partial charge in [0.15, 0.2) is 75.8 Å². The molecule has 4 aromatic rings. The number of aromatic hydroxyl groups is 11. The van der Waals surface area contributed by atoms with Crippen LogP contribution in [0.15, 0.2) is 30.3 Å². The number of aliphatic hydroxyl groups excluding tert-OH is 1. The summed E-state index contributed by atoms with van der Waals surface area (Å²) in [6.07, 6.45) is -20.3. The van der Waals surface area contributed by atoms with E-state index in [4.69, 9.17) is 47.4 Å². The van der Waals surface area contributed by atoms with E-state index in [1.807, 2.05) is 0 Å². The molecule has 13 atom stereocenters. The molecule has 4 aromatic carbocycles. The van der Waals surface area contributed by atoms with Crippen molar-refractivity contribution in [2.75, 3.05) is 13.2 Å². The number of hydrogen-bond donors (Lipinski definition) is 14. The van der Waals surface area contributed by atoms with Crippen molar-refractivity contribution in [1.29, 1.82) is 0 Å². The number of cyclic esters (lactones) is 1. The van der Waals surface area contributed by atoms with Crippen LogP contribution >= 0.6 is 0 Å². The minimum absolute atomic E-state index is 0.338. The number of phenolic OH excluding ortho intramolecular Hbond substituents is 11. The van der Waals surface area contributed by atoms with Gasteiger partial charge in [0, 0.05) is 23.1 Å². The first-order valence-electron chi connectivity index (χ1n) is 22.7. The molecule has 0 amide bonds. The molecule has 2 spiro atoms. The number of ketones is 1. The Labute approximate surface area is 428 Å². The van der Waals surface area contributed by atoms with E-state index in [0.29, 0.717) is 30.3 Å². The molecule has 9 aliphatic rings. The van der Waals surface area contributed by atoms with Gasteiger partial charge in [-0.05, 0) is 30.3 Å². The van der Waals surface area contributed by atoms with Crippen LogP contribution in [0, 0.1) is 5.41 Å². The second-order valence-electron chi connectivity index (χ2n) is 19.1. The Morgan fingerprint density at radius 1 is 0.590 bits per heavy atom. The van der Waals surface area contributed by atoms with Crippen LogP contribution in [-0.2, 0) is 57.0 Å². The Morgan fingerprint density at radius 3 is 1.78 bits per heavy atom. The fourth-order valence-corrected chi connectivity index (χ4v) is 11.6. The molecule has 0 aromatic heterocycles. The molecule has 13 rings (SSSR count). The predicted octanol–water partition coefficient (Wildman–Crippen LogP) is -2.19. The van der Waals surface area contributed by atoms with Crippen molar-refractivity contribution in [2.45, 2.75) is 78.5 Å². The smallest absolute Gasteiger partial charge is 0.343 e. The third-order valence-electron chi connectivity index (χ3n) is 15.1. The van der Waals surface area contributed by atoms with Gasteiger partial charge < -0.3 is 119 Å². The van der Waals surface area contributed by atoms with Gasteiger partial charge in [0.1, 0.15) is 30.3 Å². The zero-order valence-corrected chi connectivity index (χ0v) is 38.4. The lowest BCUT2D eigenvalue weighted by Gasteiger charge is -2.63. The first-order valence-corrected chi connectivity index (χ1v) is 22.7. The van der Waals surface area contributed by atoms with Crippen LogP contribution in [-0.4, -0.2) is 192 Å². The minimum Gasteiger partial charge on any atom is -0.504 e. The Kier molecular flexibility index (Phi) is 10.1. The maximum Gasteiger partial charge on any atom is 0.343 e. The average Bonchev–Trinajstić information content (AvgIpc) is 2.03. The van der Waals surface area contributed by atoms with Crippen molar-refractivity contribution in [3.8, 4) is 80.1 Å². The second kappa shape index (κ2) is 15.9. The molecule has 8 aliphatic heterocycles. The van der Waals surface area contributed by atoms with Crippen molar-refractivity contribution < 1.29 is 152 Å². The number of aliphatic hydroxyl groups is 3. The number of hydrogen-bond acceptors (Lipinski definition) is 31. The zero-order chi connectivity index (χ0) is 55.9. The summed E-state index contributed by atoms with van der Waals surface area (Å²) in [6, 6.07) is 2.26. The summed E-state index contributed by atoms with van der Waals surface area (Å²) >= 11 is 0. The number of phenols is 11. The number of carbonyl (C=O) groups is 7. The predicted molar refractivity (Wildman–Crippen MR) is 230 cm³/mol. The van der Waals surface area contributed by atoms with Gasteiger partial charge >= 0.3 is 35.8 Å². The van der Waals surface area contributed by atoms with Crippen LogP contribution in [0.3, 0.4) is 0 Å². The van der Waals surface area contributed by atoms with Crippen molar-refractivity contribution in [3.63, 3.8) is 0 Å². The van der Waals surface area contributed by atoms with Gasteiger partial charge in [0.05, 0.1) is 34.8 Å². The highest BCUT2D eigenvalue weighted by Crippen LogP contribution is 2.74. The van der Waals surface area contributed by atoms with Gasteiger partial charge in [-0.25, -0.2) is 24.0 Å². The summed E-state index contributed by atoms with van der Waals surface area (Å²) in [5.41, 5.74) is -14.3. The van der Waals surface area contributed by atoms with Gasteiger partial charge in [-0.2, -0.15) is 0 Å². The zero-order valence-electron chi connectivity index (χ0n) is 38.4. The van der Waals surface area contributed by atoms with E-state index in [2.05, 4.69) is 0 Å². The van der Waals surface area contributed by atoms with Crippen molar-refractivity contribution in [2.24, 2.45) is 5.41 Å².